The van der Waals surface area contributed by atoms with Gasteiger partial charge in [0.25, 0.3) is 0 Å². The zero-order valence-corrected chi connectivity index (χ0v) is 12.1. The number of rotatable bonds is 4. The van der Waals surface area contributed by atoms with E-state index < -0.39 is 11.7 Å². The standard InChI is InChI=1S/C17H13FN4O/c18-15-8-4-5-9-16(15)20-17(23)11-10-13-12-19-22(21-13)14-6-2-1-3-7-14/h1-12H,(H,20,23). The topological polar surface area (TPSA) is 59.8 Å². The normalized spacial score (nSPS) is 10.8. The predicted octanol–water partition coefficient (Wildman–Crippen LogP) is 3.06. The summed E-state index contributed by atoms with van der Waals surface area (Å²) in [5.41, 5.74) is 1.48. The van der Waals surface area contributed by atoms with Gasteiger partial charge in [-0.1, -0.05) is 30.3 Å². The number of benzene rings is 2. The monoisotopic (exact) mass is 308 g/mol. The Kier molecular flexibility index (Phi) is 4.24. The highest BCUT2D eigenvalue weighted by Gasteiger charge is 2.04. The number of carbonyl (C=O) groups is 1. The lowest BCUT2D eigenvalue weighted by Gasteiger charge is -2.02. The first-order valence-corrected chi connectivity index (χ1v) is 6.94. The van der Waals surface area contributed by atoms with E-state index in [1.165, 1.54) is 29.1 Å². The summed E-state index contributed by atoms with van der Waals surface area (Å²) in [6.07, 6.45) is 4.34. The number of para-hydroxylation sites is 2. The molecule has 0 aliphatic rings. The zero-order chi connectivity index (χ0) is 16.1. The zero-order valence-electron chi connectivity index (χ0n) is 12.1. The van der Waals surface area contributed by atoms with E-state index >= 15 is 0 Å². The van der Waals surface area contributed by atoms with Crippen LogP contribution in [0, 0.1) is 5.82 Å². The molecular formula is C17H13FN4O. The molecule has 0 atom stereocenters. The van der Waals surface area contributed by atoms with Gasteiger partial charge in [-0.05, 0) is 30.3 Å². The van der Waals surface area contributed by atoms with Crippen molar-refractivity contribution in [2.75, 3.05) is 5.32 Å². The van der Waals surface area contributed by atoms with Crippen molar-refractivity contribution in [2.45, 2.75) is 0 Å². The van der Waals surface area contributed by atoms with Gasteiger partial charge in [-0.25, -0.2) is 4.39 Å². The van der Waals surface area contributed by atoms with Crippen LogP contribution in [0.5, 0.6) is 0 Å². The lowest BCUT2D eigenvalue weighted by molar-refractivity contribution is -0.111. The fourth-order valence-corrected chi connectivity index (χ4v) is 1.93. The molecule has 0 unspecified atom stereocenters. The van der Waals surface area contributed by atoms with Crippen molar-refractivity contribution < 1.29 is 9.18 Å². The second-order valence-corrected chi connectivity index (χ2v) is 4.70. The molecule has 2 aromatic carbocycles. The molecule has 0 bridgehead atoms. The van der Waals surface area contributed by atoms with Gasteiger partial charge in [0.15, 0.2) is 0 Å². The van der Waals surface area contributed by atoms with Gasteiger partial charge >= 0.3 is 0 Å². The first-order chi connectivity index (χ1) is 11.2. The number of halogens is 1. The van der Waals surface area contributed by atoms with Crippen LogP contribution in [0.4, 0.5) is 10.1 Å². The number of amides is 1. The first-order valence-electron chi connectivity index (χ1n) is 6.94. The molecule has 23 heavy (non-hydrogen) atoms. The van der Waals surface area contributed by atoms with Gasteiger partial charge in [-0.2, -0.15) is 9.90 Å². The molecular weight excluding hydrogens is 295 g/mol. The maximum atomic E-state index is 13.4. The SMILES string of the molecule is O=C(C=Cc1cnn(-c2ccccc2)n1)Nc1ccccc1F. The van der Waals surface area contributed by atoms with E-state index in [0.29, 0.717) is 5.69 Å². The highest BCUT2D eigenvalue weighted by Crippen LogP contribution is 2.12. The third-order valence-corrected chi connectivity index (χ3v) is 3.03. The minimum atomic E-state index is -0.482. The summed E-state index contributed by atoms with van der Waals surface area (Å²) in [4.78, 5) is 13.3. The van der Waals surface area contributed by atoms with Crippen molar-refractivity contribution in [2.24, 2.45) is 0 Å². The van der Waals surface area contributed by atoms with Gasteiger partial charge in [-0.3, -0.25) is 4.79 Å². The minimum Gasteiger partial charge on any atom is -0.320 e. The molecule has 3 rings (SSSR count). The largest absolute Gasteiger partial charge is 0.320 e. The smallest absolute Gasteiger partial charge is 0.248 e. The Morgan fingerprint density at radius 1 is 1.09 bits per heavy atom. The van der Waals surface area contributed by atoms with Crippen LogP contribution in [0.3, 0.4) is 0 Å². The number of aromatic nitrogens is 3. The lowest BCUT2D eigenvalue weighted by atomic mass is 10.3. The third kappa shape index (κ3) is 3.68. The molecule has 0 fully saturated rings. The van der Waals surface area contributed by atoms with Crippen molar-refractivity contribution in [1.29, 1.82) is 0 Å². The fraction of sp³-hybridized carbons (Fsp3) is 0. The molecule has 0 saturated carbocycles. The van der Waals surface area contributed by atoms with Gasteiger partial charge in [-0.15, -0.1) is 5.10 Å². The van der Waals surface area contributed by atoms with Crippen LogP contribution in [-0.4, -0.2) is 20.9 Å². The molecule has 0 aliphatic carbocycles. The van der Waals surface area contributed by atoms with E-state index in [1.54, 1.807) is 18.3 Å². The molecule has 1 heterocycles. The second kappa shape index (κ2) is 6.65. The highest BCUT2D eigenvalue weighted by molar-refractivity contribution is 6.01. The number of hydrogen-bond donors (Lipinski definition) is 1. The van der Waals surface area contributed by atoms with Crippen LogP contribution in [-0.2, 0) is 4.79 Å². The van der Waals surface area contributed by atoms with E-state index in [9.17, 15) is 9.18 Å². The molecule has 0 spiro atoms. The van der Waals surface area contributed by atoms with Crippen molar-refractivity contribution in [1.82, 2.24) is 15.0 Å². The molecule has 0 saturated heterocycles. The third-order valence-electron chi connectivity index (χ3n) is 3.03. The summed E-state index contributed by atoms with van der Waals surface area (Å²) in [6.45, 7) is 0. The Balaban J connectivity index is 1.68. The lowest BCUT2D eigenvalue weighted by Crippen LogP contribution is -2.09. The van der Waals surface area contributed by atoms with Crippen LogP contribution in [0.25, 0.3) is 11.8 Å². The molecule has 0 aliphatic heterocycles. The Labute approximate surface area is 132 Å². The highest BCUT2D eigenvalue weighted by atomic mass is 19.1. The van der Waals surface area contributed by atoms with Crippen molar-refractivity contribution in [3.05, 3.63) is 78.4 Å². The fourth-order valence-electron chi connectivity index (χ4n) is 1.93. The Hall–Kier alpha value is -3.28. The van der Waals surface area contributed by atoms with Crippen LogP contribution in [0.1, 0.15) is 5.69 Å². The van der Waals surface area contributed by atoms with E-state index in [2.05, 4.69) is 15.5 Å². The van der Waals surface area contributed by atoms with E-state index in [1.807, 2.05) is 30.3 Å². The van der Waals surface area contributed by atoms with E-state index in [0.717, 1.165) is 5.69 Å². The number of nitrogens with zero attached hydrogens (tertiary/aromatic N) is 3. The molecule has 1 N–H and O–H groups in total. The summed E-state index contributed by atoms with van der Waals surface area (Å²) in [5, 5.41) is 10.8. The number of anilines is 1. The van der Waals surface area contributed by atoms with Crippen molar-refractivity contribution in [3.8, 4) is 5.69 Å². The second-order valence-electron chi connectivity index (χ2n) is 4.70. The summed E-state index contributed by atoms with van der Waals surface area (Å²) in [7, 11) is 0. The van der Waals surface area contributed by atoms with Crippen molar-refractivity contribution in [3.63, 3.8) is 0 Å². The molecule has 3 aromatic rings. The maximum Gasteiger partial charge on any atom is 0.248 e. The summed E-state index contributed by atoms with van der Waals surface area (Å²) >= 11 is 0. The van der Waals surface area contributed by atoms with Crippen LogP contribution >= 0.6 is 0 Å². The van der Waals surface area contributed by atoms with Gasteiger partial charge in [0, 0.05) is 6.08 Å². The molecule has 5 nitrogen and oxygen atoms in total. The van der Waals surface area contributed by atoms with Crippen LogP contribution in [0.2, 0.25) is 0 Å². The number of carbonyl (C=O) groups excluding carboxylic acids is 1. The number of hydrogen-bond acceptors (Lipinski definition) is 3. The molecule has 0 radical (unpaired) electrons. The number of nitrogens with one attached hydrogen (secondary N) is 1. The summed E-state index contributed by atoms with van der Waals surface area (Å²) < 4.78 is 13.4. The average Bonchev–Trinajstić information content (AvgIpc) is 3.05. The minimum absolute atomic E-state index is 0.134. The Bertz CT molecular complexity index is 843. The molecule has 1 amide bonds. The Morgan fingerprint density at radius 2 is 1.83 bits per heavy atom. The molecule has 1 aromatic heterocycles. The van der Waals surface area contributed by atoms with Crippen LogP contribution < -0.4 is 5.32 Å². The van der Waals surface area contributed by atoms with Gasteiger partial charge in [0.2, 0.25) is 5.91 Å². The quantitative estimate of drug-likeness (QED) is 0.754. The van der Waals surface area contributed by atoms with Gasteiger partial charge in [0.1, 0.15) is 11.5 Å². The van der Waals surface area contributed by atoms with Gasteiger partial charge < -0.3 is 5.32 Å². The van der Waals surface area contributed by atoms with Crippen molar-refractivity contribution >= 4 is 17.7 Å². The molecule has 114 valence electrons. The average molecular weight is 308 g/mol. The van der Waals surface area contributed by atoms with E-state index in [-0.39, 0.29) is 5.69 Å². The molecule has 6 heteroatoms. The van der Waals surface area contributed by atoms with Gasteiger partial charge in [0.05, 0.1) is 17.6 Å². The van der Waals surface area contributed by atoms with Crippen LogP contribution in [0.15, 0.2) is 66.9 Å². The predicted molar refractivity (Wildman–Crippen MR) is 85.4 cm³/mol. The summed E-state index contributed by atoms with van der Waals surface area (Å²) in [6, 6.07) is 15.4. The Morgan fingerprint density at radius 3 is 2.61 bits per heavy atom. The summed E-state index contributed by atoms with van der Waals surface area (Å²) in [5.74, 6) is -0.923. The maximum absolute atomic E-state index is 13.4. The first kappa shape index (κ1) is 14.6. The van der Waals surface area contributed by atoms with E-state index in [4.69, 9.17) is 0 Å².